The number of amides is 1. The zero-order valence-corrected chi connectivity index (χ0v) is 17.4. The maximum absolute atomic E-state index is 14.6. The average Bonchev–Trinajstić information content (AvgIpc) is 3.39. The normalized spacial score (nSPS) is 15.3. The standard InChI is InChI=1S/C22H21F2N7O/c1-29-9-5-14(6-10-29)18-12-20(31(28-18)19-4-3-15(23)11-17(19)24)27-22(32)16-13-26-30-8-2-7-25-21(16)30/h2-4,7-8,11-14H,5-6,9-10H2,1H3,(H,27,32). The van der Waals surface area contributed by atoms with Gasteiger partial charge < -0.3 is 10.2 Å². The molecule has 1 aliphatic rings. The van der Waals surface area contributed by atoms with Crippen molar-refractivity contribution in [2.75, 3.05) is 25.5 Å². The first-order valence-electron chi connectivity index (χ1n) is 10.3. The van der Waals surface area contributed by atoms with E-state index in [1.165, 1.54) is 21.5 Å². The van der Waals surface area contributed by atoms with Crippen molar-refractivity contribution in [1.29, 1.82) is 0 Å². The van der Waals surface area contributed by atoms with Gasteiger partial charge in [0.1, 0.15) is 22.9 Å². The highest BCUT2D eigenvalue weighted by Crippen LogP contribution is 2.30. The maximum atomic E-state index is 14.6. The molecule has 0 spiro atoms. The molecule has 8 nitrogen and oxygen atoms in total. The van der Waals surface area contributed by atoms with E-state index in [1.54, 1.807) is 24.5 Å². The maximum Gasteiger partial charge on any atom is 0.262 e. The number of anilines is 1. The summed E-state index contributed by atoms with van der Waals surface area (Å²) in [4.78, 5) is 19.5. The molecule has 1 amide bonds. The first-order chi connectivity index (χ1) is 15.5. The number of likely N-dealkylation sites (tertiary alicyclic amines) is 1. The highest BCUT2D eigenvalue weighted by molar-refractivity contribution is 6.07. The average molecular weight is 437 g/mol. The van der Waals surface area contributed by atoms with Gasteiger partial charge in [-0.2, -0.15) is 10.2 Å². The van der Waals surface area contributed by atoms with Gasteiger partial charge in [0.2, 0.25) is 0 Å². The van der Waals surface area contributed by atoms with E-state index < -0.39 is 17.5 Å². The molecule has 5 rings (SSSR count). The van der Waals surface area contributed by atoms with Gasteiger partial charge in [0.05, 0.1) is 11.9 Å². The monoisotopic (exact) mass is 437 g/mol. The fourth-order valence-corrected chi connectivity index (χ4v) is 4.00. The first kappa shape index (κ1) is 20.3. The summed E-state index contributed by atoms with van der Waals surface area (Å²) in [7, 11) is 2.07. The minimum absolute atomic E-state index is 0.0545. The fourth-order valence-electron chi connectivity index (χ4n) is 4.00. The summed E-state index contributed by atoms with van der Waals surface area (Å²) in [5.41, 5.74) is 1.49. The highest BCUT2D eigenvalue weighted by Gasteiger charge is 2.25. The van der Waals surface area contributed by atoms with E-state index in [2.05, 4.69) is 32.4 Å². The lowest BCUT2D eigenvalue weighted by Crippen LogP contribution is -2.29. The summed E-state index contributed by atoms with van der Waals surface area (Å²) in [6, 6.07) is 6.74. The van der Waals surface area contributed by atoms with Crippen LogP contribution in [-0.4, -0.2) is 55.3 Å². The van der Waals surface area contributed by atoms with Crippen molar-refractivity contribution in [2.45, 2.75) is 18.8 Å². The molecule has 0 saturated carbocycles. The summed E-state index contributed by atoms with van der Waals surface area (Å²) in [6.07, 6.45) is 6.50. The smallest absolute Gasteiger partial charge is 0.262 e. The van der Waals surface area contributed by atoms with Crippen molar-refractivity contribution in [1.82, 2.24) is 29.3 Å². The molecular weight excluding hydrogens is 416 g/mol. The highest BCUT2D eigenvalue weighted by atomic mass is 19.1. The molecular formula is C22H21F2N7O. The van der Waals surface area contributed by atoms with Gasteiger partial charge in [0.15, 0.2) is 11.5 Å². The quantitative estimate of drug-likeness (QED) is 0.530. The van der Waals surface area contributed by atoms with Gasteiger partial charge in [-0.25, -0.2) is 23.0 Å². The lowest BCUT2D eigenvalue weighted by Gasteiger charge is -2.27. The second kappa shape index (κ2) is 8.12. The van der Waals surface area contributed by atoms with Gasteiger partial charge in [-0.1, -0.05) is 0 Å². The van der Waals surface area contributed by atoms with Crippen molar-refractivity contribution in [3.05, 3.63) is 71.8 Å². The Bertz CT molecular complexity index is 1290. The van der Waals surface area contributed by atoms with Gasteiger partial charge in [0, 0.05) is 30.4 Å². The Hall–Kier alpha value is -3.66. The van der Waals surface area contributed by atoms with E-state index in [4.69, 9.17) is 0 Å². The molecule has 164 valence electrons. The predicted octanol–water partition coefficient (Wildman–Crippen LogP) is 3.25. The molecule has 3 aromatic heterocycles. The number of carbonyl (C=O) groups is 1. The first-order valence-corrected chi connectivity index (χ1v) is 10.3. The molecule has 0 bridgehead atoms. The third-order valence-corrected chi connectivity index (χ3v) is 5.77. The number of fused-ring (bicyclic) bond motifs is 1. The van der Waals surface area contributed by atoms with Crippen LogP contribution in [0.1, 0.15) is 34.8 Å². The van der Waals surface area contributed by atoms with Crippen molar-refractivity contribution in [2.24, 2.45) is 0 Å². The topological polar surface area (TPSA) is 80.4 Å². The number of nitrogens with zero attached hydrogens (tertiary/aromatic N) is 6. The van der Waals surface area contributed by atoms with Gasteiger partial charge >= 0.3 is 0 Å². The molecule has 32 heavy (non-hydrogen) atoms. The van der Waals surface area contributed by atoms with Crippen LogP contribution in [0.15, 0.2) is 48.9 Å². The van der Waals surface area contributed by atoms with Crippen molar-refractivity contribution in [3.8, 4) is 5.69 Å². The number of carbonyl (C=O) groups excluding carboxylic acids is 1. The number of halogens is 2. The number of piperidine rings is 1. The molecule has 4 aromatic rings. The van der Waals surface area contributed by atoms with E-state index in [0.29, 0.717) is 11.5 Å². The Balaban J connectivity index is 1.53. The van der Waals surface area contributed by atoms with E-state index >= 15 is 0 Å². The molecule has 1 fully saturated rings. The third-order valence-electron chi connectivity index (χ3n) is 5.77. The molecule has 1 aliphatic heterocycles. The predicted molar refractivity (Wildman–Crippen MR) is 114 cm³/mol. The van der Waals surface area contributed by atoms with Crippen molar-refractivity contribution >= 4 is 17.4 Å². The van der Waals surface area contributed by atoms with Crippen molar-refractivity contribution < 1.29 is 13.6 Å². The fraction of sp³-hybridized carbons (Fsp3) is 0.273. The Morgan fingerprint density at radius 2 is 2.00 bits per heavy atom. The molecule has 1 N–H and O–H groups in total. The van der Waals surface area contributed by atoms with E-state index in [0.717, 1.165) is 43.8 Å². The zero-order valence-electron chi connectivity index (χ0n) is 17.4. The number of aromatic nitrogens is 5. The number of hydrogen-bond donors (Lipinski definition) is 1. The molecule has 0 aliphatic carbocycles. The Kier molecular flexibility index (Phi) is 5.14. The lowest BCUT2D eigenvalue weighted by molar-refractivity contribution is 0.102. The minimum Gasteiger partial charge on any atom is -0.306 e. The van der Waals surface area contributed by atoms with Crippen LogP contribution in [0.3, 0.4) is 0 Å². The van der Waals surface area contributed by atoms with Crippen LogP contribution in [0.4, 0.5) is 14.6 Å². The summed E-state index contributed by atoms with van der Waals surface area (Å²) < 4.78 is 30.9. The molecule has 0 unspecified atom stereocenters. The molecule has 1 saturated heterocycles. The van der Waals surface area contributed by atoms with Crippen LogP contribution >= 0.6 is 0 Å². The lowest BCUT2D eigenvalue weighted by atomic mass is 9.94. The van der Waals surface area contributed by atoms with Crippen LogP contribution in [0.25, 0.3) is 11.3 Å². The van der Waals surface area contributed by atoms with Crippen LogP contribution in [0, 0.1) is 11.6 Å². The van der Waals surface area contributed by atoms with E-state index in [-0.39, 0.29) is 17.2 Å². The Morgan fingerprint density at radius 1 is 1.19 bits per heavy atom. The second-order valence-electron chi connectivity index (χ2n) is 7.94. The van der Waals surface area contributed by atoms with Gasteiger partial charge in [-0.3, -0.25) is 4.79 Å². The molecule has 0 atom stereocenters. The van der Waals surface area contributed by atoms with Crippen LogP contribution in [0.2, 0.25) is 0 Å². The number of nitrogens with one attached hydrogen (secondary N) is 1. The largest absolute Gasteiger partial charge is 0.306 e. The molecule has 0 radical (unpaired) electrons. The molecule has 10 heteroatoms. The molecule has 4 heterocycles. The summed E-state index contributed by atoms with van der Waals surface area (Å²) in [5, 5.41) is 11.5. The van der Waals surface area contributed by atoms with Crippen molar-refractivity contribution in [3.63, 3.8) is 0 Å². The van der Waals surface area contributed by atoms with E-state index in [9.17, 15) is 13.6 Å². The van der Waals surface area contributed by atoms with Crippen LogP contribution in [0.5, 0.6) is 0 Å². The summed E-state index contributed by atoms with van der Waals surface area (Å²) in [5.74, 6) is -1.42. The Labute approximate surface area is 182 Å². The van der Waals surface area contributed by atoms with Crippen LogP contribution in [-0.2, 0) is 0 Å². The van der Waals surface area contributed by atoms with Gasteiger partial charge in [-0.05, 0) is 51.2 Å². The van der Waals surface area contributed by atoms with Gasteiger partial charge in [0.25, 0.3) is 5.91 Å². The summed E-state index contributed by atoms with van der Waals surface area (Å²) >= 11 is 0. The number of benzene rings is 1. The van der Waals surface area contributed by atoms with Gasteiger partial charge in [-0.15, -0.1) is 0 Å². The van der Waals surface area contributed by atoms with E-state index in [1.807, 2.05) is 0 Å². The minimum atomic E-state index is -0.767. The molecule has 1 aromatic carbocycles. The SMILES string of the molecule is CN1CCC(c2cc(NC(=O)c3cnn4cccnc34)n(-c3ccc(F)cc3F)n2)CC1. The number of hydrogen-bond acceptors (Lipinski definition) is 5. The van der Waals surface area contributed by atoms with Crippen LogP contribution < -0.4 is 5.32 Å². The number of rotatable bonds is 4. The second-order valence-corrected chi connectivity index (χ2v) is 7.94. The third kappa shape index (κ3) is 3.73. The zero-order chi connectivity index (χ0) is 22.2. The summed E-state index contributed by atoms with van der Waals surface area (Å²) in [6.45, 7) is 1.86. The Morgan fingerprint density at radius 3 is 2.78 bits per heavy atom.